The summed E-state index contributed by atoms with van der Waals surface area (Å²) in [7, 11) is 0. The largest absolute Gasteiger partial charge is 0.434 e. The lowest BCUT2D eigenvalue weighted by Gasteiger charge is -2.19. The van der Waals surface area contributed by atoms with Crippen LogP contribution in [0.25, 0.3) is 0 Å². The monoisotopic (exact) mass is 272 g/mol. The van der Waals surface area contributed by atoms with Crippen molar-refractivity contribution in [2.24, 2.45) is 5.73 Å². The van der Waals surface area contributed by atoms with Gasteiger partial charge in [0, 0.05) is 5.56 Å². The molecule has 0 aromatic heterocycles. The molecule has 106 valence electrons. The van der Waals surface area contributed by atoms with Crippen molar-refractivity contribution in [2.75, 3.05) is 0 Å². The Bertz CT molecular complexity index is 427. The molecule has 0 saturated carbocycles. The van der Waals surface area contributed by atoms with Crippen molar-refractivity contribution in [3.05, 3.63) is 29.8 Å². The average Bonchev–Trinajstić information content (AvgIpc) is 2.37. The molecule has 0 bridgehead atoms. The van der Waals surface area contributed by atoms with Crippen LogP contribution < -0.4 is 15.8 Å². The van der Waals surface area contributed by atoms with Gasteiger partial charge in [-0.1, -0.05) is 25.1 Å². The second-order valence-electron chi connectivity index (χ2n) is 4.16. The molecule has 0 spiro atoms. The lowest BCUT2D eigenvalue weighted by Crippen LogP contribution is -2.41. The Kier molecular flexibility index (Phi) is 5.69. The predicted octanol–water partition coefficient (Wildman–Crippen LogP) is 2.20. The first-order chi connectivity index (χ1) is 8.95. The fourth-order valence-corrected chi connectivity index (χ4v) is 1.63. The van der Waals surface area contributed by atoms with Gasteiger partial charge in [0.25, 0.3) is 0 Å². The first kappa shape index (κ1) is 15.4. The minimum Gasteiger partial charge on any atom is -0.434 e. The van der Waals surface area contributed by atoms with E-state index in [1.807, 2.05) is 0 Å². The summed E-state index contributed by atoms with van der Waals surface area (Å²) in [5, 5.41) is 2.67. The summed E-state index contributed by atoms with van der Waals surface area (Å²) in [5.41, 5.74) is 6.08. The number of nitrogens with one attached hydrogen (secondary N) is 1. The number of para-hydroxylation sites is 1. The van der Waals surface area contributed by atoms with E-state index in [0.29, 0.717) is 12.0 Å². The van der Waals surface area contributed by atoms with Gasteiger partial charge in [0.05, 0.1) is 12.1 Å². The summed E-state index contributed by atoms with van der Waals surface area (Å²) in [4.78, 5) is 11.7. The van der Waals surface area contributed by atoms with E-state index in [1.54, 1.807) is 32.0 Å². The quantitative estimate of drug-likeness (QED) is 0.834. The summed E-state index contributed by atoms with van der Waals surface area (Å²) in [5.74, 6) is -0.266. The summed E-state index contributed by atoms with van der Waals surface area (Å²) in [6, 6.07) is 5.28. The number of carbonyl (C=O) groups is 1. The Morgan fingerprint density at radius 1 is 1.42 bits per heavy atom. The third-order valence-electron chi connectivity index (χ3n) is 2.74. The van der Waals surface area contributed by atoms with Crippen LogP contribution in [-0.4, -0.2) is 18.6 Å². The molecule has 1 aromatic carbocycles. The predicted molar refractivity (Wildman–Crippen MR) is 67.9 cm³/mol. The molecule has 0 aliphatic rings. The zero-order chi connectivity index (χ0) is 14.4. The van der Waals surface area contributed by atoms with Gasteiger partial charge in [-0.2, -0.15) is 8.78 Å². The molecule has 6 heteroatoms. The highest BCUT2D eigenvalue weighted by Gasteiger charge is 2.18. The van der Waals surface area contributed by atoms with Crippen molar-refractivity contribution >= 4 is 5.91 Å². The van der Waals surface area contributed by atoms with Crippen LogP contribution in [0.4, 0.5) is 8.78 Å². The Labute approximate surface area is 110 Å². The molecule has 2 atom stereocenters. The van der Waals surface area contributed by atoms with Gasteiger partial charge < -0.3 is 15.8 Å². The number of hydrogen-bond donors (Lipinski definition) is 2. The molecule has 0 heterocycles. The topological polar surface area (TPSA) is 64.4 Å². The number of halogens is 2. The van der Waals surface area contributed by atoms with Crippen LogP contribution >= 0.6 is 0 Å². The Morgan fingerprint density at radius 3 is 2.63 bits per heavy atom. The molecule has 1 aromatic rings. The lowest BCUT2D eigenvalue weighted by atomic mass is 10.1. The molecule has 0 radical (unpaired) electrons. The Morgan fingerprint density at radius 2 is 2.05 bits per heavy atom. The molecule has 0 aliphatic carbocycles. The van der Waals surface area contributed by atoms with Crippen LogP contribution in [0.1, 0.15) is 31.9 Å². The van der Waals surface area contributed by atoms with Gasteiger partial charge in [-0.15, -0.1) is 0 Å². The third-order valence-corrected chi connectivity index (χ3v) is 2.74. The van der Waals surface area contributed by atoms with Crippen molar-refractivity contribution in [3.8, 4) is 5.75 Å². The standard InChI is InChI=1S/C13H18F2N2O2/c1-3-10(16)12(18)17-8(2)9-6-4-5-7-11(9)19-13(14)15/h4-8,10,13H,3,16H2,1-2H3,(H,17,18)/t8?,10-/m1/s1. The highest BCUT2D eigenvalue weighted by atomic mass is 19.3. The van der Waals surface area contributed by atoms with Gasteiger partial charge in [0.2, 0.25) is 5.91 Å². The van der Waals surface area contributed by atoms with Crippen LogP contribution in [0.15, 0.2) is 24.3 Å². The maximum atomic E-state index is 12.3. The summed E-state index contributed by atoms with van der Waals surface area (Å²) in [6.45, 7) is 0.582. The number of rotatable bonds is 6. The second-order valence-corrected chi connectivity index (χ2v) is 4.16. The minimum atomic E-state index is -2.90. The molecule has 3 N–H and O–H groups in total. The second kappa shape index (κ2) is 7.04. The SMILES string of the molecule is CC[C@@H](N)C(=O)NC(C)c1ccccc1OC(F)F. The summed E-state index contributed by atoms with van der Waals surface area (Å²) < 4.78 is 29.0. The van der Waals surface area contributed by atoms with Crippen molar-refractivity contribution in [1.82, 2.24) is 5.32 Å². The molecular weight excluding hydrogens is 254 g/mol. The maximum absolute atomic E-state index is 12.3. The van der Waals surface area contributed by atoms with E-state index in [9.17, 15) is 13.6 Å². The highest BCUT2D eigenvalue weighted by Crippen LogP contribution is 2.26. The number of amides is 1. The molecule has 19 heavy (non-hydrogen) atoms. The maximum Gasteiger partial charge on any atom is 0.387 e. The molecule has 0 aliphatic heterocycles. The van der Waals surface area contributed by atoms with Crippen LogP contribution in [0.3, 0.4) is 0 Å². The normalized spacial score (nSPS) is 14.0. The number of benzene rings is 1. The molecular formula is C13H18F2N2O2. The molecule has 1 rings (SSSR count). The molecule has 1 amide bonds. The average molecular weight is 272 g/mol. The molecule has 0 fully saturated rings. The van der Waals surface area contributed by atoms with Gasteiger partial charge in [-0.25, -0.2) is 0 Å². The van der Waals surface area contributed by atoms with Gasteiger partial charge in [0.15, 0.2) is 0 Å². The zero-order valence-electron chi connectivity index (χ0n) is 10.9. The van der Waals surface area contributed by atoms with Crippen LogP contribution in [-0.2, 0) is 4.79 Å². The van der Waals surface area contributed by atoms with Crippen LogP contribution in [0.2, 0.25) is 0 Å². The van der Waals surface area contributed by atoms with Crippen LogP contribution in [0.5, 0.6) is 5.75 Å². The van der Waals surface area contributed by atoms with E-state index in [-0.39, 0.29) is 11.7 Å². The zero-order valence-corrected chi connectivity index (χ0v) is 10.9. The summed E-state index contributed by atoms with van der Waals surface area (Å²) in [6.07, 6.45) is 0.508. The first-order valence-corrected chi connectivity index (χ1v) is 6.05. The van der Waals surface area contributed by atoms with Crippen molar-refractivity contribution in [3.63, 3.8) is 0 Å². The van der Waals surface area contributed by atoms with E-state index in [4.69, 9.17) is 5.73 Å². The van der Waals surface area contributed by atoms with E-state index in [0.717, 1.165) is 0 Å². The van der Waals surface area contributed by atoms with E-state index < -0.39 is 18.7 Å². The Balaban J connectivity index is 2.81. The molecule has 0 saturated heterocycles. The summed E-state index contributed by atoms with van der Waals surface area (Å²) >= 11 is 0. The van der Waals surface area contributed by atoms with Gasteiger partial charge >= 0.3 is 6.61 Å². The fourth-order valence-electron chi connectivity index (χ4n) is 1.63. The van der Waals surface area contributed by atoms with Crippen molar-refractivity contribution in [2.45, 2.75) is 39.0 Å². The van der Waals surface area contributed by atoms with Gasteiger partial charge in [0.1, 0.15) is 5.75 Å². The van der Waals surface area contributed by atoms with E-state index in [1.165, 1.54) is 6.07 Å². The van der Waals surface area contributed by atoms with E-state index in [2.05, 4.69) is 10.1 Å². The van der Waals surface area contributed by atoms with Gasteiger partial charge in [-0.05, 0) is 19.4 Å². The number of alkyl halides is 2. The van der Waals surface area contributed by atoms with Crippen molar-refractivity contribution in [1.29, 1.82) is 0 Å². The van der Waals surface area contributed by atoms with Crippen molar-refractivity contribution < 1.29 is 18.3 Å². The highest BCUT2D eigenvalue weighted by molar-refractivity contribution is 5.81. The number of hydrogen-bond acceptors (Lipinski definition) is 3. The Hall–Kier alpha value is -1.69. The molecule has 4 nitrogen and oxygen atoms in total. The number of carbonyl (C=O) groups excluding carboxylic acids is 1. The number of ether oxygens (including phenoxy) is 1. The van der Waals surface area contributed by atoms with Crippen LogP contribution in [0, 0.1) is 0 Å². The number of nitrogens with two attached hydrogens (primary N) is 1. The van der Waals surface area contributed by atoms with E-state index >= 15 is 0 Å². The third kappa shape index (κ3) is 4.48. The fraction of sp³-hybridized carbons (Fsp3) is 0.462. The van der Waals surface area contributed by atoms with Gasteiger partial charge in [-0.3, -0.25) is 4.79 Å². The minimum absolute atomic E-state index is 0.0513. The molecule has 1 unspecified atom stereocenters. The lowest BCUT2D eigenvalue weighted by molar-refractivity contribution is -0.123. The smallest absolute Gasteiger partial charge is 0.387 e. The first-order valence-electron chi connectivity index (χ1n) is 6.05.